The van der Waals surface area contributed by atoms with E-state index in [1.807, 2.05) is 6.92 Å². The van der Waals surface area contributed by atoms with Crippen molar-refractivity contribution in [2.75, 3.05) is 19.0 Å². The maximum absolute atomic E-state index is 13.0. The monoisotopic (exact) mass is 475 g/mol. The van der Waals surface area contributed by atoms with Crippen LogP contribution in [0.15, 0.2) is 44.5 Å². The van der Waals surface area contributed by atoms with Crippen molar-refractivity contribution in [3.8, 4) is 11.5 Å². The third-order valence-electron chi connectivity index (χ3n) is 4.62. The average Bonchev–Trinajstić information content (AvgIpc) is 3.04. The number of allylic oxidation sites excluding steroid dienone is 1. The molecular weight excluding hydrogens is 454 g/mol. The van der Waals surface area contributed by atoms with Crippen LogP contribution in [0, 0.1) is 0 Å². The predicted molar refractivity (Wildman–Crippen MR) is 119 cm³/mol. The van der Waals surface area contributed by atoms with E-state index in [2.05, 4.69) is 27.8 Å². The standard InChI is InChI=1S/C21H22BrN3O5/c1-5-7-25-19-16(20(27)24(3)21(25)28)17(26)14(23-19)10-12-9-13(22)18(30-8-6-2)15(11-12)29-4/h6,9-11,23H,2,5,7-8H2,1,3-4H3/b14-10-. The van der Waals surface area contributed by atoms with Gasteiger partial charge in [0.15, 0.2) is 11.5 Å². The summed E-state index contributed by atoms with van der Waals surface area (Å²) in [6, 6.07) is 3.48. The molecule has 1 aliphatic heterocycles. The highest BCUT2D eigenvalue weighted by molar-refractivity contribution is 9.10. The van der Waals surface area contributed by atoms with Crippen LogP contribution in [0.2, 0.25) is 0 Å². The summed E-state index contributed by atoms with van der Waals surface area (Å²) < 4.78 is 14.0. The van der Waals surface area contributed by atoms with Crippen molar-refractivity contribution in [1.82, 2.24) is 9.13 Å². The van der Waals surface area contributed by atoms with Crippen LogP contribution in [-0.2, 0) is 13.6 Å². The number of ketones is 1. The Morgan fingerprint density at radius 2 is 2.00 bits per heavy atom. The van der Waals surface area contributed by atoms with Crippen LogP contribution < -0.4 is 26.0 Å². The number of nitrogens with zero attached hydrogens (tertiary/aromatic N) is 2. The molecule has 3 rings (SSSR count). The van der Waals surface area contributed by atoms with Gasteiger partial charge < -0.3 is 14.8 Å². The Balaban J connectivity index is 2.09. The van der Waals surface area contributed by atoms with Crippen molar-refractivity contribution in [2.24, 2.45) is 7.05 Å². The number of anilines is 1. The highest BCUT2D eigenvalue weighted by Crippen LogP contribution is 2.37. The minimum absolute atomic E-state index is 0.0335. The molecule has 0 amide bonds. The van der Waals surface area contributed by atoms with Gasteiger partial charge in [-0.1, -0.05) is 19.6 Å². The number of fused-ring (bicyclic) bond motifs is 1. The molecule has 0 spiro atoms. The number of carbonyl (C=O) groups excluding carboxylic acids is 1. The van der Waals surface area contributed by atoms with E-state index in [-0.39, 0.29) is 17.1 Å². The van der Waals surface area contributed by atoms with Gasteiger partial charge in [0.05, 0.1) is 17.3 Å². The number of benzene rings is 1. The average molecular weight is 476 g/mol. The van der Waals surface area contributed by atoms with E-state index in [9.17, 15) is 14.4 Å². The quantitative estimate of drug-likeness (QED) is 0.488. The Kier molecular flexibility index (Phi) is 6.31. The summed E-state index contributed by atoms with van der Waals surface area (Å²) in [6.07, 6.45) is 3.90. The summed E-state index contributed by atoms with van der Waals surface area (Å²) in [7, 11) is 2.89. The Hall–Kier alpha value is -3.07. The number of methoxy groups -OCH3 is 1. The summed E-state index contributed by atoms with van der Waals surface area (Å²) >= 11 is 3.45. The lowest BCUT2D eigenvalue weighted by Gasteiger charge is -2.13. The molecule has 0 fully saturated rings. The number of hydrogen-bond acceptors (Lipinski definition) is 6. The van der Waals surface area contributed by atoms with Crippen molar-refractivity contribution in [2.45, 2.75) is 19.9 Å². The second-order valence-electron chi connectivity index (χ2n) is 6.67. The van der Waals surface area contributed by atoms with E-state index in [0.29, 0.717) is 41.1 Å². The van der Waals surface area contributed by atoms with Crippen molar-refractivity contribution in [3.63, 3.8) is 0 Å². The normalized spacial score (nSPS) is 13.9. The lowest BCUT2D eigenvalue weighted by Crippen LogP contribution is -2.40. The maximum atomic E-state index is 13.0. The molecule has 1 aromatic carbocycles. The number of carbonyl (C=O) groups is 1. The van der Waals surface area contributed by atoms with Gasteiger partial charge in [-0.2, -0.15) is 0 Å². The fraction of sp³-hybridized carbons (Fsp3) is 0.286. The topological polar surface area (TPSA) is 91.6 Å². The van der Waals surface area contributed by atoms with Crippen LogP contribution in [0.5, 0.6) is 11.5 Å². The molecular formula is C21H22BrN3O5. The summed E-state index contributed by atoms with van der Waals surface area (Å²) in [5.41, 5.74) is -0.264. The predicted octanol–water partition coefficient (Wildman–Crippen LogP) is 2.94. The minimum Gasteiger partial charge on any atom is -0.493 e. The molecule has 2 aromatic rings. The first-order chi connectivity index (χ1) is 14.3. The molecule has 0 bridgehead atoms. The third-order valence-corrected chi connectivity index (χ3v) is 5.21. The first-order valence-electron chi connectivity index (χ1n) is 9.32. The Bertz CT molecular complexity index is 1180. The summed E-state index contributed by atoms with van der Waals surface area (Å²) in [6.45, 7) is 6.24. The zero-order valence-electron chi connectivity index (χ0n) is 17.0. The van der Waals surface area contributed by atoms with Gasteiger partial charge in [-0.3, -0.25) is 18.7 Å². The van der Waals surface area contributed by atoms with Gasteiger partial charge in [-0.15, -0.1) is 0 Å². The van der Waals surface area contributed by atoms with Gasteiger partial charge in [-0.25, -0.2) is 4.79 Å². The largest absolute Gasteiger partial charge is 0.493 e. The van der Waals surface area contributed by atoms with E-state index in [0.717, 1.165) is 4.57 Å². The van der Waals surface area contributed by atoms with Gasteiger partial charge in [0.25, 0.3) is 5.56 Å². The van der Waals surface area contributed by atoms with Crippen molar-refractivity contribution in [1.29, 1.82) is 0 Å². The number of aromatic nitrogens is 2. The molecule has 8 nitrogen and oxygen atoms in total. The molecule has 1 aliphatic rings. The molecule has 2 heterocycles. The van der Waals surface area contributed by atoms with Gasteiger partial charge in [-0.05, 0) is 46.1 Å². The molecule has 0 saturated heterocycles. The van der Waals surface area contributed by atoms with E-state index in [1.54, 1.807) is 24.3 Å². The smallest absolute Gasteiger partial charge is 0.332 e. The van der Waals surface area contributed by atoms with Crippen LogP contribution in [0.3, 0.4) is 0 Å². The van der Waals surface area contributed by atoms with Crippen LogP contribution in [0.1, 0.15) is 29.3 Å². The zero-order valence-corrected chi connectivity index (χ0v) is 18.5. The fourth-order valence-corrected chi connectivity index (χ4v) is 3.80. The van der Waals surface area contributed by atoms with E-state index in [1.165, 1.54) is 18.7 Å². The van der Waals surface area contributed by atoms with Gasteiger partial charge in [0.2, 0.25) is 5.78 Å². The van der Waals surface area contributed by atoms with Crippen molar-refractivity contribution in [3.05, 3.63) is 66.9 Å². The number of Topliss-reactive ketones (excluding diaryl/α,β-unsaturated/α-hetero) is 1. The number of rotatable bonds is 7. The fourth-order valence-electron chi connectivity index (χ4n) is 3.23. The van der Waals surface area contributed by atoms with Gasteiger partial charge >= 0.3 is 5.69 Å². The second kappa shape index (κ2) is 8.74. The molecule has 0 aliphatic carbocycles. The number of nitrogens with one attached hydrogen (secondary N) is 1. The van der Waals surface area contributed by atoms with E-state index >= 15 is 0 Å². The van der Waals surface area contributed by atoms with Crippen LogP contribution in [0.4, 0.5) is 5.82 Å². The van der Waals surface area contributed by atoms with Gasteiger partial charge in [0.1, 0.15) is 18.0 Å². The first kappa shape index (κ1) is 21.6. The van der Waals surface area contributed by atoms with Crippen molar-refractivity contribution < 1.29 is 14.3 Å². The van der Waals surface area contributed by atoms with E-state index in [4.69, 9.17) is 9.47 Å². The zero-order chi connectivity index (χ0) is 22.0. The first-order valence-corrected chi connectivity index (χ1v) is 10.1. The second-order valence-corrected chi connectivity index (χ2v) is 7.52. The summed E-state index contributed by atoms with van der Waals surface area (Å²) in [5.74, 6) is 0.759. The highest BCUT2D eigenvalue weighted by Gasteiger charge is 2.32. The summed E-state index contributed by atoms with van der Waals surface area (Å²) in [5, 5.41) is 2.96. The van der Waals surface area contributed by atoms with E-state index < -0.39 is 17.0 Å². The molecule has 0 atom stereocenters. The molecule has 0 radical (unpaired) electrons. The van der Waals surface area contributed by atoms with Crippen LogP contribution >= 0.6 is 15.9 Å². The Labute approximate surface area is 181 Å². The molecule has 0 unspecified atom stereocenters. The van der Waals surface area contributed by atoms with Gasteiger partial charge in [0, 0.05) is 13.6 Å². The number of ether oxygens (including phenoxy) is 2. The van der Waals surface area contributed by atoms with Crippen LogP contribution in [-0.4, -0.2) is 28.6 Å². The van der Waals surface area contributed by atoms with Crippen molar-refractivity contribution >= 4 is 33.6 Å². The lowest BCUT2D eigenvalue weighted by atomic mass is 10.1. The van der Waals surface area contributed by atoms with Crippen LogP contribution in [0.25, 0.3) is 6.08 Å². The molecule has 0 saturated carbocycles. The molecule has 1 aromatic heterocycles. The lowest BCUT2D eigenvalue weighted by molar-refractivity contribution is 0.104. The SMILES string of the molecule is C=CCOc1c(Br)cc(/C=C2\Nc3c(c(=O)n(C)c(=O)n3CCC)C2=O)cc1OC. The highest BCUT2D eigenvalue weighted by atomic mass is 79.9. The molecule has 30 heavy (non-hydrogen) atoms. The third kappa shape index (κ3) is 3.72. The Morgan fingerprint density at radius 3 is 2.63 bits per heavy atom. The number of halogens is 1. The molecule has 9 heteroatoms. The molecule has 1 N–H and O–H groups in total. The molecule has 158 valence electrons. The number of hydrogen-bond donors (Lipinski definition) is 1. The summed E-state index contributed by atoms with van der Waals surface area (Å²) in [4.78, 5) is 38.0. The maximum Gasteiger partial charge on any atom is 0.332 e. The minimum atomic E-state index is -0.616. The Morgan fingerprint density at radius 1 is 1.27 bits per heavy atom.